The minimum Gasteiger partial charge on any atom is -0.321 e. The first kappa shape index (κ1) is 15.6. The van der Waals surface area contributed by atoms with Crippen LogP contribution in [0.4, 0.5) is 14.5 Å². The number of fused-ring (bicyclic) bond motifs is 1. The van der Waals surface area contributed by atoms with Gasteiger partial charge < -0.3 is 10.2 Å². The molecule has 2 aromatic rings. The van der Waals surface area contributed by atoms with Crippen LogP contribution in [0.2, 0.25) is 0 Å². The molecule has 0 saturated carbocycles. The molecule has 23 heavy (non-hydrogen) atoms. The summed E-state index contributed by atoms with van der Waals surface area (Å²) in [4.78, 5) is 13.5. The van der Waals surface area contributed by atoms with Gasteiger partial charge in [-0.25, -0.2) is 8.78 Å². The SMILES string of the molecule is C[C@@H](C(=O)Nc1c(F)cccc1F)[NH+]1CCc2ccccc2C1. The molecule has 2 aromatic carbocycles. The van der Waals surface area contributed by atoms with Crippen LogP contribution in [-0.4, -0.2) is 18.5 Å². The topological polar surface area (TPSA) is 33.5 Å². The molecule has 0 aromatic heterocycles. The molecule has 1 aliphatic heterocycles. The van der Waals surface area contributed by atoms with Gasteiger partial charge in [0.05, 0.1) is 6.54 Å². The minimum absolute atomic E-state index is 0.372. The Balaban J connectivity index is 1.71. The van der Waals surface area contributed by atoms with Crippen molar-refractivity contribution in [2.75, 3.05) is 11.9 Å². The van der Waals surface area contributed by atoms with Gasteiger partial charge in [-0.15, -0.1) is 0 Å². The van der Waals surface area contributed by atoms with Gasteiger partial charge in [-0.2, -0.15) is 0 Å². The first-order valence-corrected chi connectivity index (χ1v) is 7.72. The van der Waals surface area contributed by atoms with Crippen LogP contribution in [0.3, 0.4) is 0 Å². The van der Waals surface area contributed by atoms with E-state index < -0.39 is 11.6 Å². The van der Waals surface area contributed by atoms with E-state index in [2.05, 4.69) is 17.4 Å². The van der Waals surface area contributed by atoms with Crippen molar-refractivity contribution in [2.24, 2.45) is 0 Å². The van der Waals surface area contributed by atoms with E-state index in [1.165, 1.54) is 17.2 Å². The number of hydrogen-bond donors (Lipinski definition) is 2. The summed E-state index contributed by atoms with van der Waals surface area (Å²) in [5.74, 6) is -1.89. The quantitative estimate of drug-likeness (QED) is 0.891. The van der Waals surface area contributed by atoms with E-state index in [1.807, 2.05) is 12.1 Å². The summed E-state index contributed by atoms with van der Waals surface area (Å²) in [6, 6.07) is 11.3. The Kier molecular flexibility index (Phi) is 4.39. The van der Waals surface area contributed by atoms with Gasteiger partial charge in [-0.1, -0.05) is 30.3 Å². The second kappa shape index (κ2) is 6.46. The zero-order valence-electron chi connectivity index (χ0n) is 12.9. The molecule has 2 N–H and O–H groups in total. The molecule has 1 unspecified atom stereocenters. The number of quaternary nitrogens is 1. The predicted octanol–water partition coefficient (Wildman–Crippen LogP) is 1.93. The first-order chi connectivity index (χ1) is 11.1. The lowest BCUT2D eigenvalue weighted by Gasteiger charge is -2.30. The Morgan fingerprint density at radius 1 is 1.09 bits per heavy atom. The fourth-order valence-corrected chi connectivity index (χ4v) is 3.01. The Bertz CT molecular complexity index is 712. The molecule has 2 atom stereocenters. The summed E-state index contributed by atoms with van der Waals surface area (Å²) < 4.78 is 27.3. The molecular weight excluding hydrogens is 298 g/mol. The van der Waals surface area contributed by atoms with E-state index in [-0.39, 0.29) is 17.6 Å². The van der Waals surface area contributed by atoms with Gasteiger partial charge in [0, 0.05) is 12.0 Å². The van der Waals surface area contributed by atoms with Crippen LogP contribution in [0.25, 0.3) is 0 Å². The molecule has 0 spiro atoms. The number of nitrogens with one attached hydrogen (secondary N) is 2. The molecule has 0 saturated heterocycles. The number of halogens is 2. The lowest BCUT2D eigenvalue weighted by atomic mass is 9.99. The third kappa shape index (κ3) is 3.24. The number of rotatable bonds is 3. The van der Waals surface area contributed by atoms with Crippen molar-refractivity contribution in [1.29, 1.82) is 0 Å². The van der Waals surface area contributed by atoms with Crippen molar-refractivity contribution in [3.05, 3.63) is 65.2 Å². The molecular formula is C18H19F2N2O+. The van der Waals surface area contributed by atoms with Gasteiger partial charge in [0.2, 0.25) is 0 Å². The van der Waals surface area contributed by atoms with Gasteiger partial charge >= 0.3 is 0 Å². The van der Waals surface area contributed by atoms with Crippen LogP contribution in [0, 0.1) is 11.6 Å². The third-order valence-electron chi connectivity index (χ3n) is 4.47. The number of amides is 1. The maximum absolute atomic E-state index is 13.7. The maximum Gasteiger partial charge on any atom is 0.282 e. The van der Waals surface area contributed by atoms with Gasteiger partial charge in [-0.3, -0.25) is 4.79 Å². The van der Waals surface area contributed by atoms with Crippen LogP contribution in [0.1, 0.15) is 18.1 Å². The normalized spacial score (nSPS) is 18.1. The highest BCUT2D eigenvalue weighted by atomic mass is 19.1. The van der Waals surface area contributed by atoms with Gasteiger partial charge in [0.25, 0.3) is 5.91 Å². The van der Waals surface area contributed by atoms with E-state index in [0.29, 0.717) is 0 Å². The highest BCUT2D eigenvalue weighted by molar-refractivity contribution is 5.93. The maximum atomic E-state index is 13.7. The number of carbonyl (C=O) groups is 1. The largest absolute Gasteiger partial charge is 0.321 e. The Hall–Kier alpha value is -2.27. The van der Waals surface area contributed by atoms with Crippen LogP contribution < -0.4 is 10.2 Å². The van der Waals surface area contributed by atoms with Gasteiger partial charge in [0.15, 0.2) is 6.04 Å². The van der Waals surface area contributed by atoms with Crippen molar-refractivity contribution in [2.45, 2.75) is 25.9 Å². The Labute approximate surface area is 133 Å². The molecule has 0 aliphatic carbocycles. The molecule has 1 heterocycles. The average molecular weight is 317 g/mol. The number of anilines is 1. The average Bonchev–Trinajstić information content (AvgIpc) is 2.57. The predicted molar refractivity (Wildman–Crippen MR) is 84.1 cm³/mol. The van der Waals surface area contributed by atoms with Gasteiger partial charge in [0.1, 0.15) is 23.9 Å². The van der Waals surface area contributed by atoms with Crippen LogP contribution in [0.5, 0.6) is 0 Å². The summed E-state index contributed by atoms with van der Waals surface area (Å²) in [6.07, 6.45) is 0.900. The fourth-order valence-electron chi connectivity index (χ4n) is 3.01. The smallest absolute Gasteiger partial charge is 0.282 e. The highest BCUT2D eigenvalue weighted by Gasteiger charge is 2.29. The number of benzene rings is 2. The molecule has 3 rings (SSSR count). The molecule has 3 nitrogen and oxygen atoms in total. The molecule has 1 aliphatic rings. The third-order valence-corrected chi connectivity index (χ3v) is 4.47. The minimum atomic E-state index is -0.760. The van der Waals surface area contributed by atoms with E-state index in [1.54, 1.807) is 6.92 Å². The number of para-hydroxylation sites is 1. The molecule has 0 fully saturated rings. The Morgan fingerprint density at radius 2 is 1.74 bits per heavy atom. The summed E-state index contributed by atoms with van der Waals surface area (Å²) >= 11 is 0. The highest BCUT2D eigenvalue weighted by Crippen LogP contribution is 2.18. The van der Waals surface area contributed by atoms with E-state index in [4.69, 9.17) is 0 Å². The first-order valence-electron chi connectivity index (χ1n) is 7.72. The summed E-state index contributed by atoms with van der Waals surface area (Å²) in [6.45, 7) is 3.35. The van der Waals surface area contributed by atoms with Crippen molar-refractivity contribution in [1.82, 2.24) is 0 Å². The molecule has 0 bridgehead atoms. The van der Waals surface area contributed by atoms with Crippen molar-refractivity contribution >= 4 is 11.6 Å². The van der Waals surface area contributed by atoms with Gasteiger partial charge in [-0.05, 0) is 24.6 Å². The summed E-state index contributed by atoms with van der Waals surface area (Å²) in [7, 11) is 0. The monoisotopic (exact) mass is 317 g/mol. The summed E-state index contributed by atoms with van der Waals surface area (Å²) in [5, 5.41) is 2.39. The molecule has 0 radical (unpaired) electrons. The van der Waals surface area contributed by atoms with Crippen LogP contribution in [-0.2, 0) is 17.8 Å². The summed E-state index contributed by atoms with van der Waals surface area (Å²) in [5.41, 5.74) is 2.16. The molecule has 5 heteroatoms. The Morgan fingerprint density at radius 3 is 2.43 bits per heavy atom. The second-order valence-corrected chi connectivity index (χ2v) is 5.91. The van der Waals surface area contributed by atoms with Crippen molar-refractivity contribution < 1.29 is 18.5 Å². The lowest BCUT2D eigenvalue weighted by Crippen LogP contribution is -3.16. The fraction of sp³-hybridized carbons (Fsp3) is 0.278. The zero-order valence-corrected chi connectivity index (χ0v) is 12.9. The van der Waals surface area contributed by atoms with Crippen molar-refractivity contribution in [3.63, 3.8) is 0 Å². The second-order valence-electron chi connectivity index (χ2n) is 5.91. The van der Waals surface area contributed by atoms with Crippen LogP contribution >= 0.6 is 0 Å². The number of hydrogen-bond acceptors (Lipinski definition) is 1. The van der Waals surface area contributed by atoms with Crippen LogP contribution in [0.15, 0.2) is 42.5 Å². The van der Waals surface area contributed by atoms with E-state index in [9.17, 15) is 13.6 Å². The lowest BCUT2D eigenvalue weighted by molar-refractivity contribution is -0.929. The van der Waals surface area contributed by atoms with E-state index in [0.717, 1.165) is 36.5 Å². The van der Waals surface area contributed by atoms with Crippen molar-refractivity contribution in [3.8, 4) is 0 Å². The zero-order chi connectivity index (χ0) is 16.4. The standard InChI is InChI=1S/C18H18F2N2O/c1-12(18(23)21-17-15(19)7-4-8-16(17)20)22-10-9-13-5-2-3-6-14(13)11-22/h2-8,12H,9-11H2,1H3,(H,21,23)/p+1/t12-/m0/s1. The molecule has 120 valence electrons. The van der Waals surface area contributed by atoms with E-state index >= 15 is 0 Å². The molecule has 1 amide bonds. The number of carbonyl (C=O) groups excluding carboxylic acids is 1.